The zero-order valence-corrected chi connectivity index (χ0v) is 8.92. The molecule has 0 heterocycles. The number of hydrogen-bond acceptors (Lipinski definition) is 2. The van der Waals surface area contributed by atoms with Crippen LogP contribution in [-0.2, 0) is 9.47 Å². The number of ether oxygens (including phenoxy) is 2. The molecular formula is C11H22O2. The van der Waals surface area contributed by atoms with Gasteiger partial charge in [-0.3, -0.25) is 0 Å². The number of unbranched alkanes of at least 4 members (excludes halogenated alkanes) is 3. The summed E-state index contributed by atoms with van der Waals surface area (Å²) in [5, 5.41) is 0. The fraction of sp³-hybridized carbons (Fsp3) is 0.818. The van der Waals surface area contributed by atoms with Crippen LogP contribution in [0.15, 0.2) is 12.5 Å². The quantitative estimate of drug-likeness (QED) is 0.405. The molecule has 0 unspecified atom stereocenters. The highest BCUT2D eigenvalue weighted by atomic mass is 16.5. The van der Waals surface area contributed by atoms with E-state index in [0.29, 0.717) is 0 Å². The second-order valence-corrected chi connectivity index (χ2v) is 3.07. The average molecular weight is 186 g/mol. The highest BCUT2D eigenvalue weighted by Gasteiger charge is 1.84. The summed E-state index contributed by atoms with van der Waals surface area (Å²) in [6.07, 6.45) is 9.18. The number of rotatable bonds is 9. The van der Waals surface area contributed by atoms with Crippen LogP contribution in [0.2, 0.25) is 0 Å². The highest BCUT2D eigenvalue weighted by Crippen LogP contribution is 1.94. The predicted octanol–water partition coefficient (Wildman–Crippen LogP) is 3.48. The topological polar surface area (TPSA) is 18.5 Å². The van der Waals surface area contributed by atoms with Crippen molar-refractivity contribution in [2.24, 2.45) is 0 Å². The third-order valence-corrected chi connectivity index (χ3v) is 1.73. The summed E-state index contributed by atoms with van der Waals surface area (Å²) in [5.74, 6) is 0. The van der Waals surface area contributed by atoms with E-state index >= 15 is 0 Å². The van der Waals surface area contributed by atoms with Crippen molar-refractivity contribution in [3.8, 4) is 0 Å². The lowest BCUT2D eigenvalue weighted by atomic mass is 10.3. The minimum absolute atomic E-state index is 0.797. The molecule has 2 heteroatoms. The molecule has 0 fully saturated rings. The minimum atomic E-state index is 0.797. The molecule has 0 aromatic rings. The van der Waals surface area contributed by atoms with Crippen molar-refractivity contribution in [3.63, 3.8) is 0 Å². The Bertz CT molecular complexity index is 111. The van der Waals surface area contributed by atoms with Gasteiger partial charge in [0.05, 0.1) is 13.2 Å². The molecule has 0 spiro atoms. The predicted molar refractivity (Wildman–Crippen MR) is 55.5 cm³/mol. The zero-order valence-electron chi connectivity index (χ0n) is 8.92. The monoisotopic (exact) mass is 186 g/mol. The Morgan fingerprint density at radius 1 is 0.769 bits per heavy atom. The summed E-state index contributed by atoms with van der Waals surface area (Å²) in [6, 6.07) is 0. The Hall–Kier alpha value is -0.660. The maximum atomic E-state index is 5.21. The largest absolute Gasteiger partial charge is 0.498 e. The fourth-order valence-corrected chi connectivity index (χ4v) is 0.878. The van der Waals surface area contributed by atoms with Crippen molar-refractivity contribution < 1.29 is 9.47 Å². The molecule has 0 saturated carbocycles. The van der Waals surface area contributed by atoms with Crippen LogP contribution in [0.5, 0.6) is 0 Å². The van der Waals surface area contributed by atoms with E-state index in [1.807, 2.05) is 0 Å². The van der Waals surface area contributed by atoms with Gasteiger partial charge in [-0.25, -0.2) is 0 Å². The molecule has 0 bridgehead atoms. The Labute approximate surface area is 81.9 Å². The zero-order chi connectivity index (χ0) is 9.78. The van der Waals surface area contributed by atoms with Crippen molar-refractivity contribution in [3.05, 3.63) is 12.5 Å². The third-order valence-electron chi connectivity index (χ3n) is 1.73. The molecule has 78 valence electrons. The lowest BCUT2D eigenvalue weighted by Gasteiger charge is -2.00. The van der Waals surface area contributed by atoms with Gasteiger partial charge < -0.3 is 9.47 Å². The van der Waals surface area contributed by atoms with E-state index in [9.17, 15) is 0 Å². The van der Waals surface area contributed by atoms with Gasteiger partial charge in [0.1, 0.15) is 12.5 Å². The van der Waals surface area contributed by atoms with E-state index in [1.165, 1.54) is 19.3 Å². The van der Waals surface area contributed by atoms with Crippen LogP contribution in [0.4, 0.5) is 0 Å². The second kappa shape index (κ2) is 11.3. The summed E-state index contributed by atoms with van der Waals surface area (Å²) < 4.78 is 10.4. The van der Waals surface area contributed by atoms with Crippen molar-refractivity contribution in [2.75, 3.05) is 13.2 Å². The Balaban J connectivity index is 2.95. The average Bonchev–Trinajstić information content (AvgIpc) is 2.16. The van der Waals surface area contributed by atoms with E-state index < -0.39 is 0 Å². The molecule has 0 N–H and O–H groups in total. The van der Waals surface area contributed by atoms with Crippen LogP contribution in [0.3, 0.4) is 0 Å². The molecule has 2 nitrogen and oxygen atoms in total. The van der Waals surface area contributed by atoms with Crippen molar-refractivity contribution >= 4 is 0 Å². The molecule has 0 radical (unpaired) electrons. The summed E-state index contributed by atoms with van der Waals surface area (Å²) >= 11 is 0. The van der Waals surface area contributed by atoms with Crippen LogP contribution >= 0.6 is 0 Å². The summed E-state index contributed by atoms with van der Waals surface area (Å²) in [6.45, 7) is 5.94. The molecule has 0 rings (SSSR count). The first-order valence-electron chi connectivity index (χ1n) is 5.30. The lowest BCUT2D eigenvalue weighted by Crippen LogP contribution is -1.89. The maximum Gasteiger partial charge on any atom is 0.117 e. The minimum Gasteiger partial charge on any atom is -0.498 e. The molecule has 0 aliphatic carbocycles. The van der Waals surface area contributed by atoms with Gasteiger partial charge >= 0.3 is 0 Å². The molecule has 0 atom stereocenters. The molecule has 0 amide bonds. The van der Waals surface area contributed by atoms with Gasteiger partial charge in [-0.1, -0.05) is 33.1 Å². The first-order chi connectivity index (χ1) is 6.41. The Morgan fingerprint density at radius 2 is 1.31 bits per heavy atom. The van der Waals surface area contributed by atoms with Gasteiger partial charge in [0.2, 0.25) is 0 Å². The molecule has 0 aliphatic heterocycles. The van der Waals surface area contributed by atoms with E-state index in [1.54, 1.807) is 12.5 Å². The first kappa shape index (κ1) is 12.3. The molecule has 0 aromatic carbocycles. The third kappa shape index (κ3) is 11.3. The van der Waals surface area contributed by atoms with Gasteiger partial charge in [0, 0.05) is 0 Å². The standard InChI is InChI=1S/C11H22O2/c1-3-5-7-9-13-11-10-12-8-6-4-2/h10-11H,3-9H2,1-2H3/b11-10+. The van der Waals surface area contributed by atoms with Crippen LogP contribution < -0.4 is 0 Å². The van der Waals surface area contributed by atoms with Crippen molar-refractivity contribution in [2.45, 2.75) is 46.0 Å². The maximum absolute atomic E-state index is 5.21. The Kier molecular flexibility index (Phi) is 10.8. The highest BCUT2D eigenvalue weighted by molar-refractivity contribution is 4.60. The van der Waals surface area contributed by atoms with E-state index in [4.69, 9.17) is 9.47 Å². The van der Waals surface area contributed by atoms with E-state index in [-0.39, 0.29) is 0 Å². The van der Waals surface area contributed by atoms with E-state index in [2.05, 4.69) is 13.8 Å². The molecule has 13 heavy (non-hydrogen) atoms. The van der Waals surface area contributed by atoms with Crippen LogP contribution in [0, 0.1) is 0 Å². The van der Waals surface area contributed by atoms with Gasteiger partial charge in [-0.05, 0) is 12.8 Å². The molecule has 0 aromatic heterocycles. The van der Waals surface area contributed by atoms with Gasteiger partial charge in [-0.15, -0.1) is 0 Å². The van der Waals surface area contributed by atoms with E-state index in [0.717, 1.165) is 26.1 Å². The van der Waals surface area contributed by atoms with Crippen molar-refractivity contribution in [1.82, 2.24) is 0 Å². The SMILES string of the molecule is CCCCCO/C=C/OCCCC. The molecule has 0 saturated heterocycles. The smallest absolute Gasteiger partial charge is 0.117 e. The summed E-state index contributed by atoms with van der Waals surface area (Å²) in [4.78, 5) is 0. The molecule has 0 aliphatic rings. The molecular weight excluding hydrogens is 164 g/mol. The van der Waals surface area contributed by atoms with Gasteiger partial charge in [-0.2, -0.15) is 0 Å². The lowest BCUT2D eigenvalue weighted by molar-refractivity contribution is 0.198. The van der Waals surface area contributed by atoms with Gasteiger partial charge in [0.15, 0.2) is 0 Å². The van der Waals surface area contributed by atoms with Crippen LogP contribution in [-0.4, -0.2) is 13.2 Å². The van der Waals surface area contributed by atoms with Gasteiger partial charge in [0.25, 0.3) is 0 Å². The summed E-state index contributed by atoms with van der Waals surface area (Å²) in [5.41, 5.74) is 0. The van der Waals surface area contributed by atoms with Crippen molar-refractivity contribution in [1.29, 1.82) is 0 Å². The summed E-state index contributed by atoms with van der Waals surface area (Å²) in [7, 11) is 0. The second-order valence-electron chi connectivity index (χ2n) is 3.07. The van der Waals surface area contributed by atoms with Crippen LogP contribution in [0.25, 0.3) is 0 Å². The van der Waals surface area contributed by atoms with Crippen LogP contribution in [0.1, 0.15) is 46.0 Å². The normalized spacial score (nSPS) is 10.6. The first-order valence-corrected chi connectivity index (χ1v) is 5.30. The fourth-order valence-electron chi connectivity index (χ4n) is 0.878. The number of hydrogen-bond donors (Lipinski definition) is 0. The Morgan fingerprint density at radius 3 is 1.85 bits per heavy atom.